The number of hydrogen-bond acceptors (Lipinski definition) is 4. The number of methoxy groups -OCH3 is 1. The van der Waals surface area contributed by atoms with Crippen molar-refractivity contribution in [2.75, 3.05) is 26.1 Å². The maximum absolute atomic E-state index is 11.7. The molecule has 5 heteroatoms. The first kappa shape index (κ1) is 12.9. The smallest absolute Gasteiger partial charge is 0.319 e. The van der Waals surface area contributed by atoms with Crippen molar-refractivity contribution >= 4 is 16.8 Å². The number of carbonyl (C=O) groups is 1. The van der Waals surface area contributed by atoms with Crippen molar-refractivity contribution < 1.29 is 18.5 Å². The molecule has 1 unspecified atom stereocenters. The molecule has 0 amide bonds. The number of carbonyl (C=O) groups excluding carboxylic acids is 1. The normalized spacial score (nSPS) is 12.1. The number of esters is 1. The fourth-order valence-electron chi connectivity index (χ4n) is 1.04. The molecular formula is C11H14O4S. The van der Waals surface area contributed by atoms with Crippen LogP contribution in [0.4, 0.5) is 0 Å². The Balaban J connectivity index is 2.37. The summed E-state index contributed by atoms with van der Waals surface area (Å²) in [5, 5.41) is 0. The monoisotopic (exact) mass is 242 g/mol. The molecular weight excluding hydrogens is 228 g/mol. The fraction of sp³-hybridized carbons (Fsp3) is 0.364. The summed E-state index contributed by atoms with van der Waals surface area (Å²) in [6, 6.07) is 8.83. The number of hydrogen-bond donors (Lipinski definition) is 0. The molecule has 0 radical (unpaired) electrons. The Hall–Kier alpha value is -1.20. The van der Waals surface area contributed by atoms with Gasteiger partial charge in [0, 0.05) is 12.0 Å². The third-order valence-corrected chi connectivity index (χ3v) is 3.10. The molecule has 0 saturated carbocycles. The van der Waals surface area contributed by atoms with Gasteiger partial charge in [0.15, 0.2) is 0 Å². The zero-order valence-corrected chi connectivity index (χ0v) is 9.87. The van der Waals surface area contributed by atoms with E-state index in [2.05, 4.69) is 0 Å². The highest BCUT2D eigenvalue weighted by Crippen LogP contribution is 2.05. The van der Waals surface area contributed by atoms with Gasteiger partial charge in [0.05, 0.1) is 17.4 Å². The van der Waals surface area contributed by atoms with Crippen LogP contribution in [0.1, 0.15) is 0 Å². The summed E-state index contributed by atoms with van der Waals surface area (Å²) in [7, 11) is 0.189. The third kappa shape index (κ3) is 4.55. The predicted molar refractivity (Wildman–Crippen MR) is 60.6 cm³/mol. The van der Waals surface area contributed by atoms with Crippen molar-refractivity contribution in [1.29, 1.82) is 0 Å². The standard InChI is InChI=1S/C11H14O4S/c1-14-7-8-15-11(12)9-16(13)10-5-3-2-4-6-10/h2-6H,7-9H2,1H3. The van der Waals surface area contributed by atoms with E-state index in [1.54, 1.807) is 24.3 Å². The Kier molecular flexibility index (Phi) is 5.74. The first-order valence-corrected chi connectivity index (χ1v) is 6.14. The Morgan fingerprint density at radius 1 is 1.25 bits per heavy atom. The van der Waals surface area contributed by atoms with Crippen LogP contribution in [0.25, 0.3) is 0 Å². The van der Waals surface area contributed by atoms with Crippen LogP contribution in [0, 0.1) is 0 Å². The molecule has 16 heavy (non-hydrogen) atoms. The van der Waals surface area contributed by atoms with Gasteiger partial charge in [-0.05, 0) is 12.1 Å². The van der Waals surface area contributed by atoms with E-state index in [4.69, 9.17) is 9.47 Å². The minimum absolute atomic E-state index is 0.117. The Morgan fingerprint density at radius 2 is 1.94 bits per heavy atom. The average molecular weight is 242 g/mol. The van der Waals surface area contributed by atoms with Crippen LogP contribution in [-0.2, 0) is 25.1 Å². The molecule has 1 aromatic rings. The molecule has 0 aliphatic rings. The van der Waals surface area contributed by atoms with Gasteiger partial charge in [-0.25, -0.2) is 0 Å². The van der Waals surface area contributed by atoms with Gasteiger partial charge in [0.25, 0.3) is 0 Å². The molecule has 0 heterocycles. The van der Waals surface area contributed by atoms with E-state index in [0.29, 0.717) is 11.5 Å². The zero-order chi connectivity index (χ0) is 11.8. The highest BCUT2D eigenvalue weighted by Gasteiger charge is 2.10. The van der Waals surface area contributed by atoms with Crippen LogP contribution in [0.2, 0.25) is 0 Å². The van der Waals surface area contributed by atoms with Crippen molar-refractivity contribution in [3.05, 3.63) is 30.3 Å². The highest BCUT2D eigenvalue weighted by atomic mass is 32.2. The first-order chi connectivity index (χ1) is 7.74. The Labute approximate surface area is 97.0 Å². The highest BCUT2D eigenvalue weighted by molar-refractivity contribution is 7.85. The fourth-order valence-corrected chi connectivity index (χ4v) is 1.97. The van der Waals surface area contributed by atoms with E-state index in [-0.39, 0.29) is 12.4 Å². The molecule has 0 fully saturated rings. The lowest BCUT2D eigenvalue weighted by atomic mass is 10.4. The zero-order valence-electron chi connectivity index (χ0n) is 9.05. The lowest BCUT2D eigenvalue weighted by Gasteiger charge is -2.04. The van der Waals surface area contributed by atoms with E-state index < -0.39 is 16.8 Å². The second-order valence-electron chi connectivity index (χ2n) is 3.02. The van der Waals surface area contributed by atoms with Crippen LogP contribution in [-0.4, -0.2) is 36.3 Å². The van der Waals surface area contributed by atoms with Crippen molar-refractivity contribution in [2.45, 2.75) is 4.90 Å². The molecule has 1 rings (SSSR count). The Morgan fingerprint density at radius 3 is 2.56 bits per heavy atom. The molecule has 0 N–H and O–H groups in total. The molecule has 1 aromatic carbocycles. The van der Waals surface area contributed by atoms with Gasteiger partial charge < -0.3 is 9.47 Å². The van der Waals surface area contributed by atoms with Gasteiger partial charge in [0.2, 0.25) is 0 Å². The second kappa shape index (κ2) is 7.14. The molecule has 0 aliphatic heterocycles. The summed E-state index contributed by atoms with van der Waals surface area (Å²) >= 11 is 0. The van der Waals surface area contributed by atoms with E-state index in [9.17, 15) is 9.00 Å². The van der Waals surface area contributed by atoms with Crippen molar-refractivity contribution in [1.82, 2.24) is 0 Å². The van der Waals surface area contributed by atoms with Gasteiger partial charge in [-0.3, -0.25) is 9.00 Å². The Bertz CT molecular complexity index is 350. The minimum atomic E-state index is -1.33. The molecule has 1 atom stereocenters. The van der Waals surface area contributed by atoms with Crippen LogP contribution in [0.3, 0.4) is 0 Å². The molecule has 4 nitrogen and oxygen atoms in total. The molecule has 88 valence electrons. The van der Waals surface area contributed by atoms with Crippen molar-refractivity contribution in [3.8, 4) is 0 Å². The van der Waals surface area contributed by atoms with Crippen LogP contribution in [0.15, 0.2) is 35.2 Å². The van der Waals surface area contributed by atoms with Crippen LogP contribution < -0.4 is 0 Å². The maximum atomic E-state index is 11.7. The lowest BCUT2D eigenvalue weighted by molar-refractivity contribution is -0.141. The van der Waals surface area contributed by atoms with Gasteiger partial charge in [-0.2, -0.15) is 0 Å². The number of ether oxygens (including phenoxy) is 2. The summed E-state index contributed by atoms with van der Waals surface area (Å²) in [6.07, 6.45) is 0. The summed E-state index contributed by atoms with van der Waals surface area (Å²) in [5.74, 6) is -0.590. The quantitative estimate of drug-likeness (QED) is 0.551. The maximum Gasteiger partial charge on any atom is 0.319 e. The van der Waals surface area contributed by atoms with Gasteiger partial charge in [0.1, 0.15) is 12.4 Å². The molecule has 0 aromatic heterocycles. The third-order valence-electron chi connectivity index (χ3n) is 1.81. The lowest BCUT2D eigenvalue weighted by Crippen LogP contribution is -2.16. The number of rotatable bonds is 6. The minimum Gasteiger partial charge on any atom is -0.463 e. The van der Waals surface area contributed by atoms with Crippen LogP contribution >= 0.6 is 0 Å². The summed E-state index contributed by atoms with van der Waals surface area (Å²) in [5.41, 5.74) is 0. The van der Waals surface area contributed by atoms with Crippen LogP contribution in [0.5, 0.6) is 0 Å². The van der Waals surface area contributed by atoms with E-state index in [0.717, 1.165) is 0 Å². The largest absolute Gasteiger partial charge is 0.463 e. The summed E-state index contributed by atoms with van der Waals surface area (Å²) in [4.78, 5) is 11.9. The molecule has 0 bridgehead atoms. The van der Waals surface area contributed by atoms with E-state index in [1.807, 2.05) is 6.07 Å². The molecule has 0 spiro atoms. The first-order valence-electron chi connectivity index (χ1n) is 4.82. The average Bonchev–Trinajstić information content (AvgIpc) is 2.30. The van der Waals surface area contributed by atoms with Gasteiger partial charge in [-0.15, -0.1) is 0 Å². The van der Waals surface area contributed by atoms with Gasteiger partial charge >= 0.3 is 5.97 Å². The van der Waals surface area contributed by atoms with E-state index in [1.165, 1.54) is 7.11 Å². The number of benzene rings is 1. The SMILES string of the molecule is COCCOC(=O)CS(=O)c1ccccc1. The summed E-state index contributed by atoms with van der Waals surface area (Å²) in [6.45, 7) is 0.547. The second-order valence-corrected chi connectivity index (χ2v) is 4.47. The molecule has 0 aliphatic carbocycles. The van der Waals surface area contributed by atoms with Gasteiger partial charge in [-0.1, -0.05) is 18.2 Å². The predicted octanol–water partition coefficient (Wildman–Crippen LogP) is 0.984. The topological polar surface area (TPSA) is 52.6 Å². The van der Waals surface area contributed by atoms with Crippen molar-refractivity contribution in [2.24, 2.45) is 0 Å². The van der Waals surface area contributed by atoms with Crippen molar-refractivity contribution in [3.63, 3.8) is 0 Å². The van der Waals surface area contributed by atoms with E-state index >= 15 is 0 Å². The summed E-state index contributed by atoms with van der Waals surface area (Å²) < 4.78 is 21.2. The molecule has 0 saturated heterocycles.